The molecule has 0 spiro atoms. The summed E-state index contributed by atoms with van der Waals surface area (Å²) in [5, 5.41) is 0. The normalized spacial score (nSPS) is 52.0. The first kappa shape index (κ1) is 17.9. The van der Waals surface area contributed by atoms with Gasteiger partial charge in [0.1, 0.15) is 6.10 Å². The summed E-state index contributed by atoms with van der Waals surface area (Å²) in [6, 6.07) is 0. The second kappa shape index (κ2) is 6.27. The summed E-state index contributed by atoms with van der Waals surface area (Å²) < 4.78 is 6.07. The SMILES string of the molecule is CCC1CCC2C3CCC4CCCCC4(C)C3CC(OC(C)=O)C12C. The number of hydrogen-bond acceptors (Lipinski definition) is 2. The molecule has 4 rings (SSSR count). The van der Waals surface area contributed by atoms with Crippen LogP contribution >= 0.6 is 0 Å². The van der Waals surface area contributed by atoms with E-state index in [0.717, 1.165) is 36.0 Å². The molecule has 0 N–H and O–H groups in total. The molecule has 25 heavy (non-hydrogen) atoms. The van der Waals surface area contributed by atoms with Gasteiger partial charge < -0.3 is 4.74 Å². The topological polar surface area (TPSA) is 26.3 Å². The third-order valence-corrected chi connectivity index (χ3v) is 9.65. The van der Waals surface area contributed by atoms with Gasteiger partial charge in [-0.2, -0.15) is 0 Å². The Morgan fingerprint density at radius 3 is 2.56 bits per heavy atom. The van der Waals surface area contributed by atoms with Crippen LogP contribution in [0.5, 0.6) is 0 Å². The molecule has 0 radical (unpaired) electrons. The Morgan fingerprint density at radius 1 is 1.04 bits per heavy atom. The first-order chi connectivity index (χ1) is 11.9. The van der Waals surface area contributed by atoms with Crippen molar-refractivity contribution in [3.8, 4) is 0 Å². The molecule has 142 valence electrons. The van der Waals surface area contributed by atoms with Gasteiger partial charge >= 0.3 is 5.97 Å². The van der Waals surface area contributed by atoms with Gasteiger partial charge in [-0.3, -0.25) is 4.79 Å². The fraction of sp³-hybridized carbons (Fsp3) is 0.957. The van der Waals surface area contributed by atoms with Crippen LogP contribution in [0.4, 0.5) is 0 Å². The Balaban J connectivity index is 1.70. The van der Waals surface area contributed by atoms with E-state index in [1.165, 1.54) is 57.8 Å². The van der Waals surface area contributed by atoms with Crippen molar-refractivity contribution in [1.29, 1.82) is 0 Å². The second-order valence-electron chi connectivity index (χ2n) is 10.3. The van der Waals surface area contributed by atoms with E-state index in [2.05, 4.69) is 20.8 Å². The smallest absolute Gasteiger partial charge is 0.302 e. The zero-order chi connectivity index (χ0) is 17.8. The summed E-state index contributed by atoms with van der Waals surface area (Å²) in [6.45, 7) is 9.05. The van der Waals surface area contributed by atoms with E-state index in [4.69, 9.17) is 4.74 Å². The van der Waals surface area contributed by atoms with Gasteiger partial charge in [0.05, 0.1) is 0 Å². The van der Waals surface area contributed by atoms with E-state index in [-0.39, 0.29) is 17.5 Å². The molecule has 0 aliphatic heterocycles. The lowest BCUT2D eigenvalue weighted by Gasteiger charge is -2.62. The summed E-state index contributed by atoms with van der Waals surface area (Å²) in [5.41, 5.74) is 0.727. The van der Waals surface area contributed by atoms with Crippen molar-refractivity contribution in [3.63, 3.8) is 0 Å². The summed E-state index contributed by atoms with van der Waals surface area (Å²) in [6.07, 6.45) is 13.8. The number of esters is 1. The molecule has 0 bridgehead atoms. The first-order valence-corrected chi connectivity index (χ1v) is 11.1. The molecule has 8 atom stereocenters. The summed E-state index contributed by atoms with van der Waals surface area (Å²) in [5.74, 6) is 4.04. The molecule has 0 aromatic carbocycles. The van der Waals surface area contributed by atoms with E-state index in [1.54, 1.807) is 6.92 Å². The number of fused-ring (bicyclic) bond motifs is 5. The van der Waals surface area contributed by atoms with Crippen molar-refractivity contribution in [2.45, 2.75) is 98.0 Å². The van der Waals surface area contributed by atoms with Crippen LogP contribution < -0.4 is 0 Å². The minimum Gasteiger partial charge on any atom is -0.462 e. The summed E-state index contributed by atoms with van der Waals surface area (Å²) >= 11 is 0. The monoisotopic (exact) mass is 346 g/mol. The van der Waals surface area contributed by atoms with Gasteiger partial charge in [0, 0.05) is 12.3 Å². The molecule has 2 heteroatoms. The number of rotatable bonds is 2. The Hall–Kier alpha value is -0.530. The van der Waals surface area contributed by atoms with E-state index in [9.17, 15) is 4.79 Å². The zero-order valence-corrected chi connectivity index (χ0v) is 16.9. The van der Waals surface area contributed by atoms with Crippen LogP contribution in [0.2, 0.25) is 0 Å². The average molecular weight is 347 g/mol. The highest BCUT2D eigenvalue weighted by atomic mass is 16.5. The van der Waals surface area contributed by atoms with Crippen molar-refractivity contribution in [1.82, 2.24) is 0 Å². The fourth-order valence-electron chi connectivity index (χ4n) is 8.39. The van der Waals surface area contributed by atoms with Crippen LogP contribution in [0.1, 0.15) is 91.9 Å². The largest absolute Gasteiger partial charge is 0.462 e. The lowest BCUT2D eigenvalue weighted by Crippen LogP contribution is -2.58. The van der Waals surface area contributed by atoms with Crippen LogP contribution in [0.25, 0.3) is 0 Å². The van der Waals surface area contributed by atoms with Crippen molar-refractivity contribution in [2.75, 3.05) is 0 Å². The van der Waals surface area contributed by atoms with E-state index in [1.807, 2.05) is 0 Å². The molecule has 0 saturated heterocycles. The van der Waals surface area contributed by atoms with Crippen molar-refractivity contribution in [3.05, 3.63) is 0 Å². The van der Waals surface area contributed by atoms with Gasteiger partial charge in [0.15, 0.2) is 0 Å². The number of carbonyl (C=O) groups excluding carboxylic acids is 1. The maximum atomic E-state index is 11.9. The molecule has 4 aliphatic carbocycles. The lowest BCUT2D eigenvalue weighted by molar-refractivity contribution is -0.190. The molecule has 0 aromatic rings. The fourth-order valence-corrected chi connectivity index (χ4v) is 8.39. The molecule has 0 aromatic heterocycles. The predicted octanol–water partition coefficient (Wildman–Crippen LogP) is 5.99. The Morgan fingerprint density at radius 2 is 1.84 bits per heavy atom. The highest BCUT2D eigenvalue weighted by Gasteiger charge is 2.63. The van der Waals surface area contributed by atoms with Gasteiger partial charge in [-0.25, -0.2) is 0 Å². The minimum absolute atomic E-state index is 0.0636. The third kappa shape index (κ3) is 2.52. The number of carbonyl (C=O) groups is 1. The molecular formula is C23H38O2. The summed E-state index contributed by atoms with van der Waals surface area (Å²) in [4.78, 5) is 11.9. The zero-order valence-electron chi connectivity index (χ0n) is 16.9. The average Bonchev–Trinajstić information content (AvgIpc) is 2.92. The third-order valence-electron chi connectivity index (χ3n) is 9.65. The van der Waals surface area contributed by atoms with Crippen molar-refractivity contribution >= 4 is 5.97 Å². The van der Waals surface area contributed by atoms with Crippen molar-refractivity contribution in [2.24, 2.45) is 40.4 Å². The minimum atomic E-state index is -0.0636. The Kier molecular flexibility index (Phi) is 4.48. The van der Waals surface area contributed by atoms with Crippen LogP contribution in [0.15, 0.2) is 0 Å². The van der Waals surface area contributed by atoms with Crippen LogP contribution in [-0.4, -0.2) is 12.1 Å². The Labute approximate surface area is 154 Å². The second-order valence-corrected chi connectivity index (χ2v) is 10.3. The molecule has 4 aliphatic rings. The molecular weight excluding hydrogens is 308 g/mol. The van der Waals surface area contributed by atoms with Gasteiger partial charge in [-0.15, -0.1) is 0 Å². The predicted molar refractivity (Wildman–Crippen MR) is 101 cm³/mol. The molecule has 4 fully saturated rings. The standard InChI is InChI=1S/C23H38O2/c1-5-16-10-12-19-18-11-9-17-8-6-7-13-22(17,3)20(18)14-21(23(16,19)4)25-15(2)24/h16-21H,5-14H2,1-4H3. The number of ether oxygens (including phenoxy) is 1. The molecule has 8 unspecified atom stereocenters. The van der Waals surface area contributed by atoms with Gasteiger partial charge in [0.25, 0.3) is 0 Å². The first-order valence-electron chi connectivity index (χ1n) is 11.1. The van der Waals surface area contributed by atoms with Gasteiger partial charge in [0.2, 0.25) is 0 Å². The van der Waals surface area contributed by atoms with Gasteiger partial charge in [-0.1, -0.05) is 40.0 Å². The van der Waals surface area contributed by atoms with Crippen LogP contribution in [0.3, 0.4) is 0 Å². The van der Waals surface area contributed by atoms with Crippen molar-refractivity contribution < 1.29 is 9.53 Å². The molecule has 0 heterocycles. The molecule has 0 amide bonds. The molecule has 2 nitrogen and oxygen atoms in total. The number of hydrogen-bond donors (Lipinski definition) is 0. The van der Waals surface area contributed by atoms with E-state index in [0.29, 0.717) is 5.41 Å². The van der Waals surface area contributed by atoms with E-state index < -0.39 is 0 Å². The molecule has 4 saturated carbocycles. The quantitative estimate of drug-likeness (QED) is 0.574. The highest BCUT2D eigenvalue weighted by molar-refractivity contribution is 5.66. The maximum absolute atomic E-state index is 11.9. The lowest BCUT2D eigenvalue weighted by atomic mass is 9.44. The Bertz CT molecular complexity index is 528. The highest BCUT2D eigenvalue weighted by Crippen LogP contribution is 2.68. The summed E-state index contributed by atoms with van der Waals surface area (Å²) in [7, 11) is 0. The maximum Gasteiger partial charge on any atom is 0.302 e. The van der Waals surface area contributed by atoms with Crippen LogP contribution in [-0.2, 0) is 9.53 Å². The van der Waals surface area contributed by atoms with E-state index >= 15 is 0 Å². The van der Waals surface area contributed by atoms with Gasteiger partial charge in [-0.05, 0) is 80.0 Å². The van der Waals surface area contributed by atoms with Crippen LogP contribution in [0, 0.1) is 40.4 Å².